The molecule has 8 heteroatoms. The number of carbonyl (C=O) groups is 2. The van der Waals surface area contributed by atoms with Gasteiger partial charge in [-0.15, -0.1) is 0 Å². The molecule has 2 fully saturated rings. The molecule has 0 aliphatic carbocycles. The minimum absolute atomic E-state index is 0.0722. The van der Waals surface area contributed by atoms with Crippen molar-refractivity contribution in [1.82, 2.24) is 15.1 Å². The van der Waals surface area contributed by atoms with Gasteiger partial charge in [0.15, 0.2) is 0 Å². The summed E-state index contributed by atoms with van der Waals surface area (Å²) in [6.07, 6.45) is 0.821. The number of nitrogens with zero attached hydrogens (tertiary/aromatic N) is 2. The van der Waals surface area contributed by atoms with Crippen LogP contribution >= 0.6 is 0 Å². The Labute approximate surface area is 205 Å². The van der Waals surface area contributed by atoms with Crippen molar-refractivity contribution in [2.45, 2.75) is 43.6 Å². The van der Waals surface area contributed by atoms with E-state index in [1.165, 1.54) is 0 Å². The van der Waals surface area contributed by atoms with Crippen molar-refractivity contribution in [1.29, 1.82) is 0 Å². The maximum absolute atomic E-state index is 13.8. The summed E-state index contributed by atoms with van der Waals surface area (Å²) in [4.78, 5) is 30.7. The fraction of sp³-hybridized carbons (Fsp3) is 0.481. The fourth-order valence-electron chi connectivity index (χ4n) is 5.13. The van der Waals surface area contributed by atoms with Gasteiger partial charge in [-0.05, 0) is 43.1 Å². The lowest BCUT2D eigenvalue weighted by atomic mass is 9.98. The van der Waals surface area contributed by atoms with E-state index in [1.54, 1.807) is 4.90 Å². The lowest BCUT2D eigenvalue weighted by Gasteiger charge is -2.40. The molecule has 0 spiro atoms. The normalized spacial score (nSPS) is 28.2. The maximum atomic E-state index is 13.8. The SMILES string of the molecule is CN1CCN2C(=O)c3ccc(-c4ccccc4)cc3OCC[C@@H]3CC[C@H](O)[C@@H](CNC(=O)[C@@H]2C1)O3. The van der Waals surface area contributed by atoms with E-state index in [1.807, 2.05) is 55.6 Å². The molecular weight excluding hydrogens is 446 g/mol. The predicted molar refractivity (Wildman–Crippen MR) is 131 cm³/mol. The van der Waals surface area contributed by atoms with Gasteiger partial charge in [0.25, 0.3) is 5.91 Å². The summed E-state index contributed by atoms with van der Waals surface area (Å²) in [5.41, 5.74) is 2.46. The van der Waals surface area contributed by atoms with Crippen LogP contribution in [0.2, 0.25) is 0 Å². The molecule has 2 N–H and O–H groups in total. The minimum atomic E-state index is -0.637. The Hall–Kier alpha value is -2.94. The van der Waals surface area contributed by atoms with Gasteiger partial charge in [0, 0.05) is 32.6 Å². The van der Waals surface area contributed by atoms with Gasteiger partial charge >= 0.3 is 0 Å². The van der Waals surface area contributed by atoms with E-state index in [4.69, 9.17) is 9.47 Å². The minimum Gasteiger partial charge on any atom is -0.493 e. The molecule has 0 aromatic heterocycles. The van der Waals surface area contributed by atoms with Crippen LogP contribution in [-0.2, 0) is 9.53 Å². The summed E-state index contributed by atoms with van der Waals surface area (Å²) in [6.45, 7) is 2.17. The lowest BCUT2D eigenvalue weighted by molar-refractivity contribution is -0.135. The molecule has 2 aromatic rings. The molecule has 0 unspecified atom stereocenters. The summed E-state index contributed by atoms with van der Waals surface area (Å²) in [5, 5.41) is 13.4. The number of aliphatic hydroxyl groups is 1. The second kappa shape index (κ2) is 10.4. The summed E-state index contributed by atoms with van der Waals surface area (Å²) in [7, 11) is 1.95. The van der Waals surface area contributed by atoms with Crippen LogP contribution in [0.3, 0.4) is 0 Å². The third kappa shape index (κ3) is 5.19. The number of carbonyl (C=O) groups excluding carboxylic acids is 2. The summed E-state index contributed by atoms with van der Waals surface area (Å²) >= 11 is 0. The van der Waals surface area contributed by atoms with Crippen LogP contribution in [0.15, 0.2) is 48.5 Å². The molecule has 3 heterocycles. The topological polar surface area (TPSA) is 91.3 Å². The number of rotatable bonds is 1. The van der Waals surface area contributed by atoms with Gasteiger partial charge in [-0.3, -0.25) is 9.59 Å². The maximum Gasteiger partial charge on any atom is 0.258 e. The number of nitrogens with one attached hydrogen (secondary N) is 1. The van der Waals surface area contributed by atoms with E-state index < -0.39 is 18.2 Å². The van der Waals surface area contributed by atoms with Gasteiger partial charge < -0.3 is 29.7 Å². The van der Waals surface area contributed by atoms with Gasteiger partial charge in [0.2, 0.25) is 5.91 Å². The molecule has 0 radical (unpaired) electrons. The van der Waals surface area contributed by atoms with Crippen LogP contribution in [0.4, 0.5) is 0 Å². The third-order valence-electron chi connectivity index (χ3n) is 7.22. The molecule has 4 atom stereocenters. The smallest absolute Gasteiger partial charge is 0.258 e. The first-order chi connectivity index (χ1) is 17.0. The Kier molecular flexibility index (Phi) is 7.04. The molecule has 5 rings (SSSR count). The van der Waals surface area contributed by atoms with Crippen LogP contribution in [0.25, 0.3) is 11.1 Å². The highest BCUT2D eigenvalue weighted by atomic mass is 16.5. The Balaban J connectivity index is 1.50. The van der Waals surface area contributed by atoms with E-state index in [9.17, 15) is 14.7 Å². The van der Waals surface area contributed by atoms with Crippen LogP contribution in [0.5, 0.6) is 5.75 Å². The van der Waals surface area contributed by atoms with Crippen molar-refractivity contribution in [2.24, 2.45) is 0 Å². The van der Waals surface area contributed by atoms with E-state index >= 15 is 0 Å². The zero-order chi connectivity index (χ0) is 24.4. The third-order valence-corrected chi connectivity index (χ3v) is 7.22. The number of aliphatic hydroxyl groups excluding tert-OH is 1. The number of hydrogen-bond donors (Lipinski definition) is 2. The van der Waals surface area contributed by atoms with Crippen molar-refractivity contribution in [2.75, 3.05) is 39.8 Å². The van der Waals surface area contributed by atoms with Gasteiger partial charge in [0.05, 0.1) is 24.4 Å². The number of piperazine rings is 1. The number of likely N-dealkylation sites (N-methyl/N-ethyl adjacent to an activating group) is 1. The average molecular weight is 480 g/mol. The highest BCUT2D eigenvalue weighted by Crippen LogP contribution is 2.30. The summed E-state index contributed by atoms with van der Waals surface area (Å²) < 4.78 is 12.3. The average Bonchev–Trinajstić information content (AvgIpc) is 2.88. The van der Waals surface area contributed by atoms with Crippen LogP contribution in [0.1, 0.15) is 29.6 Å². The molecule has 2 aromatic carbocycles. The van der Waals surface area contributed by atoms with Gasteiger partial charge in [0.1, 0.15) is 17.9 Å². The van der Waals surface area contributed by atoms with E-state index in [2.05, 4.69) is 10.2 Å². The molecule has 2 saturated heterocycles. The highest BCUT2D eigenvalue weighted by molar-refractivity contribution is 6.00. The van der Waals surface area contributed by atoms with Crippen molar-refractivity contribution < 1.29 is 24.2 Å². The van der Waals surface area contributed by atoms with Gasteiger partial charge in [-0.25, -0.2) is 0 Å². The number of ether oxygens (including phenoxy) is 2. The second-order valence-corrected chi connectivity index (χ2v) is 9.68. The Morgan fingerprint density at radius 1 is 1.00 bits per heavy atom. The predicted octanol–water partition coefficient (Wildman–Crippen LogP) is 1.92. The van der Waals surface area contributed by atoms with Gasteiger partial charge in [-0.1, -0.05) is 36.4 Å². The largest absolute Gasteiger partial charge is 0.493 e. The molecule has 186 valence electrons. The monoisotopic (exact) mass is 479 g/mol. The zero-order valence-electron chi connectivity index (χ0n) is 20.1. The van der Waals surface area contributed by atoms with E-state index in [-0.39, 0.29) is 24.5 Å². The summed E-state index contributed by atoms with van der Waals surface area (Å²) in [6, 6.07) is 15.0. The summed E-state index contributed by atoms with van der Waals surface area (Å²) in [5.74, 6) is 0.0727. The number of hydrogen-bond acceptors (Lipinski definition) is 6. The quantitative estimate of drug-likeness (QED) is 0.650. The Morgan fingerprint density at radius 2 is 1.83 bits per heavy atom. The molecule has 3 aliphatic rings. The van der Waals surface area contributed by atoms with Crippen molar-refractivity contribution in [3.63, 3.8) is 0 Å². The number of amides is 2. The molecule has 2 amide bonds. The second-order valence-electron chi connectivity index (χ2n) is 9.68. The van der Waals surface area contributed by atoms with Crippen molar-refractivity contribution in [3.05, 3.63) is 54.1 Å². The molecule has 35 heavy (non-hydrogen) atoms. The van der Waals surface area contributed by atoms with Crippen molar-refractivity contribution >= 4 is 11.8 Å². The standard InChI is InChI=1S/C27H33N3O5/c1-29-12-13-30-22(17-29)26(32)28-16-25-23(31)10-8-20(35-25)11-14-34-24-15-19(7-9-21(24)27(30)33)18-5-3-2-4-6-18/h2-7,9,15,20,22-23,25,31H,8,10-14,16-17H2,1H3,(H,28,32)/t20-,22-,23-,25+/m0/s1. The molecule has 8 nitrogen and oxygen atoms in total. The van der Waals surface area contributed by atoms with E-state index in [0.717, 1.165) is 17.5 Å². The highest BCUT2D eigenvalue weighted by Gasteiger charge is 2.37. The molecule has 0 saturated carbocycles. The first-order valence-corrected chi connectivity index (χ1v) is 12.4. The molecular formula is C27H33N3O5. The fourth-order valence-corrected chi connectivity index (χ4v) is 5.13. The number of benzene rings is 2. The Morgan fingerprint density at radius 3 is 2.66 bits per heavy atom. The first kappa shape index (κ1) is 23.8. The molecule has 2 bridgehead atoms. The Bertz CT molecular complexity index is 1060. The van der Waals surface area contributed by atoms with Crippen LogP contribution < -0.4 is 10.1 Å². The van der Waals surface area contributed by atoms with E-state index in [0.29, 0.717) is 50.4 Å². The van der Waals surface area contributed by atoms with Crippen LogP contribution in [0, 0.1) is 0 Å². The number of fused-ring (bicyclic) bond motifs is 4. The van der Waals surface area contributed by atoms with Crippen molar-refractivity contribution in [3.8, 4) is 16.9 Å². The first-order valence-electron chi connectivity index (χ1n) is 12.4. The molecule has 3 aliphatic heterocycles. The van der Waals surface area contributed by atoms with Crippen LogP contribution in [-0.4, -0.2) is 90.9 Å². The lowest BCUT2D eigenvalue weighted by Crippen LogP contribution is -2.60. The zero-order valence-corrected chi connectivity index (χ0v) is 20.1. The van der Waals surface area contributed by atoms with Gasteiger partial charge in [-0.2, -0.15) is 0 Å².